The van der Waals surface area contributed by atoms with Gasteiger partial charge in [0.05, 0.1) is 23.7 Å². The number of aromatic amines is 1. The number of methoxy groups -OCH3 is 1. The Balaban J connectivity index is 1.41. The molecule has 6 heteroatoms. The number of carbonyl (C=O) groups excluding carboxylic acids is 1. The summed E-state index contributed by atoms with van der Waals surface area (Å²) in [6.45, 7) is 5.04. The summed E-state index contributed by atoms with van der Waals surface area (Å²) in [5.74, 6) is 0.692. The average molecular weight is 481 g/mol. The first-order chi connectivity index (χ1) is 17.3. The molecule has 0 saturated heterocycles. The molecule has 1 aromatic heterocycles. The van der Waals surface area contributed by atoms with E-state index in [1.54, 1.807) is 7.11 Å². The molecule has 2 N–H and O–H groups in total. The van der Waals surface area contributed by atoms with Crippen LogP contribution in [0, 0.1) is 0 Å². The number of amides is 1. The molecule has 184 valence electrons. The molecule has 6 nitrogen and oxygen atoms in total. The molecule has 1 amide bonds. The number of aromatic nitrogens is 2. The molecule has 0 fully saturated rings. The maximum atomic E-state index is 13.1. The highest BCUT2D eigenvalue weighted by molar-refractivity contribution is 6.07. The SMILES string of the molecule is COc1ccc2c(c1)[C@@](C)(C(C)c1ccc3c(/C=C/c4ccc(CN(C)C)cc4)n[nH]c3c1)C(=O)N2. The second-order valence-electron chi connectivity index (χ2n) is 10.0. The van der Waals surface area contributed by atoms with E-state index in [4.69, 9.17) is 4.74 Å². The lowest BCUT2D eigenvalue weighted by atomic mass is 9.70. The van der Waals surface area contributed by atoms with E-state index in [9.17, 15) is 4.79 Å². The first-order valence-corrected chi connectivity index (χ1v) is 12.2. The third kappa shape index (κ3) is 4.18. The summed E-state index contributed by atoms with van der Waals surface area (Å²) in [5.41, 5.74) is 6.44. The Bertz CT molecular complexity index is 1450. The minimum Gasteiger partial charge on any atom is -0.497 e. The molecule has 2 atom stereocenters. The molecule has 0 bridgehead atoms. The van der Waals surface area contributed by atoms with Gasteiger partial charge in [-0.3, -0.25) is 9.89 Å². The van der Waals surface area contributed by atoms with Gasteiger partial charge in [-0.25, -0.2) is 0 Å². The Morgan fingerprint density at radius 3 is 2.56 bits per heavy atom. The number of hydrogen-bond acceptors (Lipinski definition) is 4. The van der Waals surface area contributed by atoms with Gasteiger partial charge in [0.1, 0.15) is 5.75 Å². The number of anilines is 1. The van der Waals surface area contributed by atoms with Crippen molar-refractivity contribution in [2.45, 2.75) is 31.7 Å². The van der Waals surface area contributed by atoms with Crippen LogP contribution in [0.3, 0.4) is 0 Å². The summed E-state index contributed by atoms with van der Waals surface area (Å²) in [6, 6.07) is 20.6. The van der Waals surface area contributed by atoms with Crippen molar-refractivity contribution in [3.8, 4) is 5.75 Å². The number of H-pyrrole nitrogens is 1. The maximum absolute atomic E-state index is 13.1. The Labute approximate surface area is 212 Å². The van der Waals surface area contributed by atoms with Gasteiger partial charge >= 0.3 is 0 Å². The molecule has 0 saturated carbocycles. The normalized spacial score (nSPS) is 18.1. The van der Waals surface area contributed by atoms with E-state index in [0.29, 0.717) is 0 Å². The zero-order chi connectivity index (χ0) is 25.4. The molecule has 2 heterocycles. The summed E-state index contributed by atoms with van der Waals surface area (Å²) in [5, 5.41) is 11.8. The van der Waals surface area contributed by atoms with Crippen molar-refractivity contribution in [1.29, 1.82) is 0 Å². The summed E-state index contributed by atoms with van der Waals surface area (Å²) in [6.07, 6.45) is 4.12. The van der Waals surface area contributed by atoms with Gasteiger partial charge in [0.15, 0.2) is 0 Å². The second-order valence-corrected chi connectivity index (χ2v) is 10.0. The molecule has 1 aliphatic rings. The molecular weight excluding hydrogens is 448 g/mol. The Morgan fingerprint density at radius 1 is 1.06 bits per heavy atom. The lowest BCUT2D eigenvalue weighted by Crippen LogP contribution is -2.36. The number of benzene rings is 3. The van der Waals surface area contributed by atoms with Crippen molar-refractivity contribution in [3.63, 3.8) is 0 Å². The quantitative estimate of drug-likeness (QED) is 0.350. The molecule has 0 spiro atoms. The highest BCUT2D eigenvalue weighted by Gasteiger charge is 2.47. The minimum atomic E-state index is -0.709. The Hall–Kier alpha value is -3.90. The van der Waals surface area contributed by atoms with Crippen molar-refractivity contribution in [2.75, 3.05) is 26.5 Å². The van der Waals surface area contributed by atoms with E-state index >= 15 is 0 Å². The lowest BCUT2D eigenvalue weighted by Gasteiger charge is -2.30. The van der Waals surface area contributed by atoms with Crippen LogP contribution < -0.4 is 10.1 Å². The van der Waals surface area contributed by atoms with Gasteiger partial charge in [-0.2, -0.15) is 5.10 Å². The molecule has 4 aromatic rings. The zero-order valence-electron chi connectivity index (χ0n) is 21.4. The number of hydrogen-bond donors (Lipinski definition) is 2. The molecule has 0 radical (unpaired) electrons. The van der Waals surface area contributed by atoms with Gasteiger partial charge in [-0.1, -0.05) is 49.4 Å². The smallest absolute Gasteiger partial charge is 0.235 e. The van der Waals surface area contributed by atoms with Crippen LogP contribution in [0.15, 0.2) is 60.7 Å². The standard InChI is InChI=1S/C30H32N4O2/c1-19(30(2)25-17-23(36-5)12-15-27(25)31-29(30)35)22-11-13-24-26(32-33-28(24)16-22)14-10-20-6-8-21(9-7-20)18-34(3)4/h6-17,19H,18H2,1-5H3,(H,31,35)(H,32,33)/b14-10+/t19?,30-/m1/s1. The van der Waals surface area contributed by atoms with E-state index in [1.807, 2.05) is 31.2 Å². The molecule has 36 heavy (non-hydrogen) atoms. The van der Waals surface area contributed by atoms with Crippen LogP contribution in [0.2, 0.25) is 0 Å². The largest absolute Gasteiger partial charge is 0.497 e. The van der Waals surface area contributed by atoms with Crippen LogP contribution in [0.5, 0.6) is 5.75 Å². The first-order valence-electron chi connectivity index (χ1n) is 12.2. The van der Waals surface area contributed by atoms with Gasteiger partial charge in [-0.15, -0.1) is 0 Å². The van der Waals surface area contributed by atoms with Gasteiger partial charge in [0.2, 0.25) is 5.91 Å². The van der Waals surface area contributed by atoms with Crippen molar-refractivity contribution in [1.82, 2.24) is 15.1 Å². The van der Waals surface area contributed by atoms with Crippen LogP contribution in [0.4, 0.5) is 5.69 Å². The highest BCUT2D eigenvalue weighted by atomic mass is 16.5. The average Bonchev–Trinajstić information content (AvgIpc) is 3.40. The molecule has 0 aliphatic carbocycles. The second kappa shape index (κ2) is 9.28. The molecule has 1 unspecified atom stereocenters. The van der Waals surface area contributed by atoms with Crippen LogP contribution in [0.1, 0.15) is 47.7 Å². The number of ether oxygens (including phenoxy) is 1. The van der Waals surface area contributed by atoms with Crippen molar-refractivity contribution < 1.29 is 9.53 Å². The van der Waals surface area contributed by atoms with Crippen LogP contribution in [-0.2, 0) is 16.8 Å². The van der Waals surface area contributed by atoms with E-state index < -0.39 is 5.41 Å². The van der Waals surface area contributed by atoms with Crippen molar-refractivity contribution >= 4 is 34.6 Å². The number of fused-ring (bicyclic) bond motifs is 2. The monoisotopic (exact) mass is 480 g/mol. The van der Waals surface area contributed by atoms with Crippen LogP contribution in [0.25, 0.3) is 23.1 Å². The topological polar surface area (TPSA) is 70.2 Å². The fourth-order valence-electron chi connectivity index (χ4n) is 5.06. The molecule has 1 aliphatic heterocycles. The Kier molecular flexibility index (Phi) is 6.14. The third-order valence-electron chi connectivity index (χ3n) is 7.40. The van der Waals surface area contributed by atoms with E-state index in [0.717, 1.165) is 51.3 Å². The maximum Gasteiger partial charge on any atom is 0.235 e. The van der Waals surface area contributed by atoms with Gasteiger partial charge < -0.3 is 15.0 Å². The summed E-state index contributed by atoms with van der Waals surface area (Å²) in [4.78, 5) is 15.3. The van der Waals surface area contributed by atoms with Crippen molar-refractivity contribution in [2.24, 2.45) is 0 Å². The van der Waals surface area contributed by atoms with Crippen LogP contribution >= 0.6 is 0 Å². The number of nitrogens with zero attached hydrogens (tertiary/aromatic N) is 2. The van der Waals surface area contributed by atoms with Crippen molar-refractivity contribution in [3.05, 3.63) is 88.6 Å². The third-order valence-corrected chi connectivity index (χ3v) is 7.40. The summed E-state index contributed by atoms with van der Waals surface area (Å²) >= 11 is 0. The lowest BCUT2D eigenvalue weighted by molar-refractivity contribution is -0.120. The molecule has 5 rings (SSSR count). The summed E-state index contributed by atoms with van der Waals surface area (Å²) < 4.78 is 5.43. The number of nitrogens with one attached hydrogen (secondary N) is 2. The predicted molar refractivity (Wildman–Crippen MR) is 146 cm³/mol. The highest BCUT2D eigenvalue weighted by Crippen LogP contribution is 2.48. The first kappa shape index (κ1) is 23.8. The van der Waals surface area contributed by atoms with Gasteiger partial charge in [0, 0.05) is 17.6 Å². The fraction of sp³-hybridized carbons (Fsp3) is 0.267. The molecule has 3 aromatic carbocycles. The van der Waals surface area contributed by atoms with E-state index in [1.165, 1.54) is 5.56 Å². The predicted octanol–water partition coefficient (Wildman–Crippen LogP) is 5.82. The van der Waals surface area contributed by atoms with E-state index in [-0.39, 0.29) is 11.8 Å². The number of carbonyl (C=O) groups is 1. The van der Waals surface area contributed by atoms with Gasteiger partial charge in [-0.05, 0) is 79.5 Å². The van der Waals surface area contributed by atoms with E-state index in [2.05, 4.69) is 90.0 Å². The zero-order valence-corrected chi connectivity index (χ0v) is 21.4. The van der Waals surface area contributed by atoms with Gasteiger partial charge in [0.25, 0.3) is 0 Å². The summed E-state index contributed by atoms with van der Waals surface area (Å²) in [7, 11) is 5.79. The number of rotatable bonds is 7. The van der Waals surface area contributed by atoms with Crippen LogP contribution in [-0.4, -0.2) is 42.2 Å². The molecular formula is C30H32N4O2. The fourth-order valence-corrected chi connectivity index (χ4v) is 5.06. The Morgan fingerprint density at radius 2 is 1.83 bits per heavy atom. The minimum absolute atomic E-state index is 0.00295.